The number of phenolic OH excluding ortho intramolecular Hbond substituents is 1. The summed E-state index contributed by atoms with van der Waals surface area (Å²) in [5.74, 6) is 0.741. The molecule has 0 radical (unpaired) electrons. The highest BCUT2D eigenvalue weighted by atomic mass is 16.5. The molecule has 0 aliphatic heterocycles. The van der Waals surface area contributed by atoms with Crippen molar-refractivity contribution in [3.05, 3.63) is 23.8 Å². The average molecular weight is 196 g/mol. The molecule has 0 saturated heterocycles. The van der Waals surface area contributed by atoms with E-state index in [-0.39, 0.29) is 12.4 Å². The highest BCUT2D eigenvalue weighted by Gasteiger charge is 1.99. The first-order chi connectivity index (χ1) is 6.76. The molecule has 0 fully saturated rings. The number of phenols is 1. The van der Waals surface area contributed by atoms with E-state index in [9.17, 15) is 5.11 Å². The molecule has 2 N–H and O–H groups in total. The summed E-state index contributed by atoms with van der Waals surface area (Å²) in [6.07, 6.45) is 2.07. The largest absolute Gasteiger partial charge is 0.508 e. The third kappa shape index (κ3) is 3.26. The first kappa shape index (κ1) is 10.9. The lowest BCUT2D eigenvalue weighted by molar-refractivity contribution is 0.277. The number of rotatable bonds is 5. The molecule has 0 spiro atoms. The maximum Gasteiger partial charge on any atom is 0.123 e. The molecule has 3 nitrogen and oxygen atoms in total. The smallest absolute Gasteiger partial charge is 0.123 e. The van der Waals surface area contributed by atoms with Crippen molar-refractivity contribution < 1.29 is 14.9 Å². The Bertz CT molecular complexity index is 284. The highest BCUT2D eigenvalue weighted by molar-refractivity contribution is 5.37. The summed E-state index contributed by atoms with van der Waals surface area (Å²) in [6, 6.07) is 4.80. The van der Waals surface area contributed by atoms with Gasteiger partial charge in [-0.05, 0) is 24.1 Å². The fraction of sp³-hybridized carbons (Fsp3) is 0.455. The minimum absolute atomic E-state index is 0.0848. The van der Waals surface area contributed by atoms with Crippen LogP contribution in [0.3, 0.4) is 0 Å². The Morgan fingerprint density at radius 3 is 2.71 bits per heavy atom. The van der Waals surface area contributed by atoms with Gasteiger partial charge in [0, 0.05) is 6.07 Å². The Balaban J connectivity index is 2.62. The Kier molecular flexibility index (Phi) is 4.26. The quantitative estimate of drug-likeness (QED) is 0.709. The van der Waals surface area contributed by atoms with Crippen molar-refractivity contribution in [1.82, 2.24) is 0 Å². The minimum Gasteiger partial charge on any atom is -0.508 e. The molecule has 0 atom stereocenters. The van der Waals surface area contributed by atoms with Crippen molar-refractivity contribution in [2.24, 2.45) is 0 Å². The molecule has 0 saturated carbocycles. The van der Waals surface area contributed by atoms with E-state index in [0.717, 1.165) is 12.8 Å². The van der Waals surface area contributed by atoms with E-state index in [1.54, 1.807) is 12.1 Å². The van der Waals surface area contributed by atoms with E-state index in [4.69, 9.17) is 9.84 Å². The van der Waals surface area contributed by atoms with Gasteiger partial charge in [-0.15, -0.1) is 0 Å². The molecule has 0 amide bonds. The molecule has 1 aromatic rings. The van der Waals surface area contributed by atoms with E-state index >= 15 is 0 Å². The second-order valence-corrected chi connectivity index (χ2v) is 3.20. The first-order valence-electron chi connectivity index (χ1n) is 4.83. The van der Waals surface area contributed by atoms with Crippen LogP contribution in [0.15, 0.2) is 18.2 Å². The molecule has 0 heterocycles. The molecule has 0 aliphatic carbocycles. The van der Waals surface area contributed by atoms with Crippen LogP contribution in [0.2, 0.25) is 0 Å². The summed E-state index contributed by atoms with van der Waals surface area (Å²) >= 11 is 0. The van der Waals surface area contributed by atoms with Gasteiger partial charge in [-0.3, -0.25) is 0 Å². The summed E-state index contributed by atoms with van der Waals surface area (Å²) < 4.78 is 5.40. The van der Waals surface area contributed by atoms with Crippen molar-refractivity contribution in [2.75, 3.05) is 6.61 Å². The van der Waals surface area contributed by atoms with Gasteiger partial charge in [0.05, 0.1) is 13.2 Å². The van der Waals surface area contributed by atoms with Gasteiger partial charge in [-0.25, -0.2) is 0 Å². The van der Waals surface area contributed by atoms with Crippen LogP contribution in [0.5, 0.6) is 11.5 Å². The van der Waals surface area contributed by atoms with Crippen molar-refractivity contribution in [2.45, 2.75) is 26.4 Å². The summed E-state index contributed by atoms with van der Waals surface area (Å²) in [5, 5.41) is 18.2. The van der Waals surface area contributed by atoms with Gasteiger partial charge in [-0.2, -0.15) is 0 Å². The molecule has 0 bridgehead atoms. The third-order valence-corrected chi connectivity index (χ3v) is 1.90. The molecule has 1 rings (SSSR count). The predicted molar refractivity (Wildman–Crippen MR) is 54.4 cm³/mol. The summed E-state index contributed by atoms with van der Waals surface area (Å²) in [5.41, 5.74) is 0.663. The number of ether oxygens (including phenoxy) is 1. The van der Waals surface area contributed by atoms with Crippen LogP contribution in [0, 0.1) is 0 Å². The van der Waals surface area contributed by atoms with Gasteiger partial charge >= 0.3 is 0 Å². The van der Waals surface area contributed by atoms with Crippen LogP contribution in [-0.4, -0.2) is 16.8 Å². The summed E-state index contributed by atoms with van der Waals surface area (Å²) in [6.45, 7) is 2.65. The Hall–Kier alpha value is -1.22. The normalized spacial score (nSPS) is 10.1. The summed E-state index contributed by atoms with van der Waals surface area (Å²) in [7, 11) is 0. The van der Waals surface area contributed by atoms with Gasteiger partial charge in [-0.1, -0.05) is 13.3 Å². The third-order valence-electron chi connectivity index (χ3n) is 1.90. The second kappa shape index (κ2) is 5.50. The Labute approximate surface area is 84.0 Å². The van der Waals surface area contributed by atoms with Gasteiger partial charge in [0.25, 0.3) is 0 Å². The minimum atomic E-state index is -0.0848. The van der Waals surface area contributed by atoms with Crippen molar-refractivity contribution in [3.63, 3.8) is 0 Å². The van der Waals surface area contributed by atoms with E-state index in [2.05, 4.69) is 6.92 Å². The molecule has 78 valence electrons. The topological polar surface area (TPSA) is 49.7 Å². The van der Waals surface area contributed by atoms with Gasteiger partial charge in [0.2, 0.25) is 0 Å². The molecule has 0 aromatic heterocycles. The predicted octanol–water partition coefficient (Wildman–Crippen LogP) is 2.06. The maximum absolute atomic E-state index is 9.29. The molecular formula is C11H16O3. The van der Waals surface area contributed by atoms with Gasteiger partial charge in [0.1, 0.15) is 11.5 Å². The van der Waals surface area contributed by atoms with Crippen LogP contribution >= 0.6 is 0 Å². The fourth-order valence-electron chi connectivity index (χ4n) is 1.15. The van der Waals surface area contributed by atoms with Crippen molar-refractivity contribution >= 4 is 0 Å². The Morgan fingerprint density at radius 2 is 2.07 bits per heavy atom. The summed E-state index contributed by atoms with van der Waals surface area (Å²) in [4.78, 5) is 0. The standard InChI is InChI=1S/C11H16O3/c1-2-3-4-14-11-6-9(8-12)5-10(13)7-11/h5-7,12-13H,2-4,8H2,1H3. The van der Waals surface area contributed by atoms with Crippen LogP contribution in [0.4, 0.5) is 0 Å². The van der Waals surface area contributed by atoms with Gasteiger partial charge < -0.3 is 14.9 Å². The number of unbranched alkanes of at least 4 members (excludes halogenated alkanes) is 1. The SMILES string of the molecule is CCCCOc1cc(O)cc(CO)c1. The van der Waals surface area contributed by atoms with E-state index in [0.29, 0.717) is 17.9 Å². The second-order valence-electron chi connectivity index (χ2n) is 3.20. The van der Waals surface area contributed by atoms with Crippen LogP contribution in [0.1, 0.15) is 25.3 Å². The lowest BCUT2D eigenvalue weighted by Crippen LogP contribution is -1.97. The fourth-order valence-corrected chi connectivity index (χ4v) is 1.15. The molecule has 0 aliphatic rings. The number of hydrogen-bond donors (Lipinski definition) is 2. The van der Waals surface area contributed by atoms with Crippen LogP contribution in [0.25, 0.3) is 0 Å². The zero-order valence-corrected chi connectivity index (χ0v) is 8.36. The molecular weight excluding hydrogens is 180 g/mol. The molecule has 0 unspecified atom stereocenters. The van der Waals surface area contributed by atoms with E-state index in [1.807, 2.05) is 0 Å². The molecule has 14 heavy (non-hydrogen) atoms. The number of aliphatic hydroxyl groups is 1. The number of aromatic hydroxyl groups is 1. The number of aliphatic hydroxyl groups excluding tert-OH is 1. The monoisotopic (exact) mass is 196 g/mol. The van der Waals surface area contributed by atoms with Crippen molar-refractivity contribution in [1.29, 1.82) is 0 Å². The van der Waals surface area contributed by atoms with E-state index in [1.165, 1.54) is 6.07 Å². The lowest BCUT2D eigenvalue weighted by atomic mass is 10.2. The maximum atomic E-state index is 9.29. The zero-order chi connectivity index (χ0) is 10.4. The Morgan fingerprint density at radius 1 is 1.29 bits per heavy atom. The molecule has 3 heteroatoms. The first-order valence-corrected chi connectivity index (χ1v) is 4.83. The van der Waals surface area contributed by atoms with E-state index < -0.39 is 0 Å². The van der Waals surface area contributed by atoms with Crippen LogP contribution < -0.4 is 4.74 Å². The number of hydrogen-bond acceptors (Lipinski definition) is 3. The van der Waals surface area contributed by atoms with Crippen molar-refractivity contribution in [3.8, 4) is 11.5 Å². The average Bonchev–Trinajstić information content (AvgIpc) is 2.17. The highest BCUT2D eigenvalue weighted by Crippen LogP contribution is 2.21. The lowest BCUT2D eigenvalue weighted by Gasteiger charge is -2.07. The van der Waals surface area contributed by atoms with Crippen LogP contribution in [-0.2, 0) is 6.61 Å². The number of benzene rings is 1. The zero-order valence-electron chi connectivity index (χ0n) is 8.36. The molecule has 1 aromatic carbocycles. The van der Waals surface area contributed by atoms with Gasteiger partial charge in [0.15, 0.2) is 0 Å².